The van der Waals surface area contributed by atoms with Gasteiger partial charge in [0.25, 0.3) is 0 Å². The van der Waals surface area contributed by atoms with Crippen molar-refractivity contribution in [2.45, 2.75) is 46.1 Å². The maximum atomic E-state index is 5.62. The summed E-state index contributed by atoms with van der Waals surface area (Å²) in [6.45, 7) is 13.2. The van der Waals surface area contributed by atoms with E-state index in [4.69, 9.17) is 4.74 Å². The Labute approximate surface area is 107 Å². The minimum Gasteiger partial charge on any atom is -0.381 e. The van der Waals surface area contributed by atoms with Crippen LogP contribution in [-0.2, 0) is 4.74 Å². The van der Waals surface area contributed by atoms with Gasteiger partial charge in [-0.05, 0) is 51.4 Å². The lowest BCUT2D eigenvalue weighted by atomic mass is 9.91. The third-order valence-electron chi connectivity index (χ3n) is 3.88. The standard InChI is InChI=1S/C14H30N2O/c1-4-15-14(9-10-16(5-2)6-3)13-8-7-11-17-12-13/h13-15H,4-12H2,1-3H3. The molecular weight excluding hydrogens is 212 g/mol. The van der Waals surface area contributed by atoms with Gasteiger partial charge in [-0.1, -0.05) is 20.8 Å². The van der Waals surface area contributed by atoms with Crippen molar-refractivity contribution in [3.05, 3.63) is 0 Å². The molecule has 0 saturated carbocycles. The third-order valence-corrected chi connectivity index (χ3v) is 3.88. The van der Waals surface area contributed by atoms with Crippen molar-refractivity contribution in [3.63, 3.8) is 0 Å². The lowest BCUT2D eigenvalue weighted by Crippen LogP contribution is -2.42. The summed E-state index contributed by atoms with van der Waals surface area (Å²) >= 11 is 0. The molecule has 1 heterocycles. The van der Waals surface area contributed by atoms with Crippen LogP contribution in [0.25, 0.3) is 0 Å². The van der Waals surface area contributed by atoms with E-state index in [0.717, 1.165) is 38.8 Å². The molecule has 1 fully saturated rings. The summed E-state index contributed by atoms with van der Waals surface area (Å²) in [7, 11) is 0. The fourth-order valence-corrected chi connectivity index (χ4v) is 2.71. The van der Waals surface area contributed by atoms with Crippen LogP contribution in [0, 0.1) is 5.92 Å². The van der Waals surface area contributed by atoms with Crippen LogP contribution in [0.4, 0.5) is 0 Å². The second kappa shape index (κ2) is 8.90. The van der Waals surface area contributed by atoms with Crippen molar-refractivity contribution >= 4 is 0 Å². The minimum atomic E-state index is 0.640. The largest absolute Gasteiger partial charge is 0.381 e. The summed E-state index contributed by atoms with van der Waals surface area (Å²) in [4.78, 5) is 2.51. The highest BCUT2D eigenvalue weighted by molar-refractivity contribution is 4.79. The van der Waals surface area contributed by atoms with Gasteiger partial charge in [0.2, 0.25) is 0 Å². The van der Waals surface area contributed by atoms with E-state index in [2.05, 4.69) is 31.0 Å². The predicted octanol–water partition coefficient (Wildman–Crippen LogP) is 2.12. The summed E-state index contributed by atoms with van der Waals surface area (Å²) in [6.07, 6.45) is 3.82. The van der Waals surface area contributed by atoms with Crippen LogP contribution in [-0.4, -0.2) is 50.3 Å². The van der Waals surface area contributed by atoms with Crippen molar-refractivity contribution in [1.82, 2.24) is 10.2 Å². The Hall–Kier alpha value is -0.120. The number of nitrogens with zero attached hydrogens (tertiary/aromatic N) is 1. The molecule has 1 aliphatic rings. The number of nitrogens with one attached hydrogen (secondary N) is 1. The van der Waals surface area contributed by atoms with Crippen molar-refractivity contribution in [2.75, 3.05) is 39.4 Å². The van der Waals surface area contributed by atoms with Gasteiger partial charge in [0, 0.05) is 12.6 Å². The van der Waals surface area contributed by atoms with Gasteiger partial charge in [0.15, 0.2) is 0 Å². The summed E-state index contributed by atoms with van der Waals surface area (Å²) in [5.41, 5.74) is 0. The van der Waals surface area contributed by atoms with Gasteiger partial charge < -0.3 is 15.0 Å². The molecule has 1 aliphatic heterocycles. The van der Waals surface area contributed by atoms with Gasteiger partial charge in [-0.3, -0.25) is 0 Å². The molecule has 0 spiro atoms. The molecule has 1 rings (SSSR count). The minimum absolute atomic E-state index is 0.640. The van der Waals surface area contributed by atoms with E-state index in [1.807, 2.05) is 0 Å². The van der Waals surface area contributed by atoms with Gasteiger partial charge in [0.1, 0.15) is 0 Å². The molecule has 1 saturated heterocycles. The molecule has 2 unspecified atom stereocenters. The molecule has 0 radical (unpaired) electrons. The number of hydrogen-bond donors (Lipinski definition) is 1. The molecule has 3 nitrogen and oxygen atoms in total. The lowest BCUT2D eigenvalue weighted by molar-refractivity contribution is 0.0366. The van der Waals surface area contributed by atoms with E-state index in [9.17, 15) is 0 Å². The van der Waals surface area contributed by atoms with Crippen LogP contribution in [0.5, 0.6) is 0 Å². The number of rotatable bonds is 8. The number of ether oxygens (including phenoxy) is 1. The second-order valence-corrected chi connectivity index (χ2v) is 4.96. The van der Waals surface area contributed by atoms with Crippen molar-refractivity contribution in [2.24, 2.45) is 5.92 Å². The van der Waals surface area contributed by atoms with E-state index >= 15 is 0 Å². The maximum Gasteiger partial charge on any atom is 0.0509 e. The van der Waals surface area contributed by atoms with Crippen LogP contribution in [0.15, 0.2) is 0 Å². The Bertz CT molecular complexity index is 177. The van der Waals surface area contributed by atoms with Gasteiger partial charge in [-0.2, -0.15) is 0 Å². The predicted molar refractivity (Wildman–Crippen MR) is 73.4 cm³/mol. The van der Waals surface area contributed by atoms with E-state index in [1.54, 1.807) is 0 Å². The molecule has 0 aromatic heterocycles. The first-order valence-electron chi connectivity index (χ1n) is 7.35. The Morgan fingerprint density at radius 3 is 2.59 bits per heavy atom. The van der Waals surface area contributed by atoms with Crippen LogP contribution in [0.1, 0.15) is 40.0 Å². The molecular formula is C14H30N2O. The van der Waals surface area contributed by atoms with Gasteiger partial charge >= 0.3 is 0 Å². The van der Waals surface area contributed by atoms with Gasteiger partial charge in [0.05, 0.1) is 6.61 Å². The maximum absolute atomic E-state index is 5.62. The molecule has 0 bridgehead atoms. The van der Waals surface area contributed by atoms with Crippen molar-refractivity contribution < 1.29 is 4.74 Å². The lowest BCUT2D eigenvalue weighted by Gasteiger charge is -2.32. The zero-order chi connectivity index (χ0) is 12.5. The monoisotopic (exact) mass is 242 g/mol. The van der Waals surface area contributed by atoms with Crippen LogP contribution >= 0.6 is 0 Å². The van der Waals surface area contributed by atoms with E-state index in [0.29, 0.717) is 6.04 Å². The molecule has 0 amide bonds. The zero-order valence-electron chi connectivity index (χ0n) is 11.9. The molecule has 102 valence electrons. The Morgan fingerprint density at radius 1 is 1.29 bits per heavy atom. The molecule has 0 aliphatic carbocycles. The van der Waals surface area contributed by atoms with Gasteiger partial charge in [-0.25, -0.2) is 0 Å². The molecule has 1 N–H and O–H groups in total. The summed E-state index contributed by atoms with van der Waals surface area (Å²) < 4.78 is 5.62. The summed E-state index contributed by atoms with van der Waals surface area (Å²) in [5, 5.41) is 3.65. The summed E-state index contributed by atoms with van der Waals surface area (Å²) in [5.74, 6) is 0.722. The van der Waals surface area contributed by atoms with Crippen molar-refractivity contribution in [1.29, 1.82) is 0 Å². The second-order valence-electron chi connectivity index (χ2n) is 4.96. The highest BCUT2D eigenvalue weighted by Crippen LogP contribution is 2.19. The number of hydrogen-bond acceptors (Lipinski definition) is 3. The topological polar surface area (TPSA) is 24.5 Å². The quantitative estimate of drug-likeness (QED) is 0.705. The fourth-order valence-electron chi connectivity index (χ4n) is 2.71. The van der Waals surface area contributed by atoms with Crippen LogP contribution in [0.3, 0.4) is 0 Å². The zero-order valence-corrected chi connectivity index (χ0v) is 11.9. The molecule has 0 aromatic carbocycles. The first-order valence-corrected chi connectivity index (χ1v) is 7.35. The SMILES string of the molecule is CCNC(CCN(CC)CC)C1CCCOC1. The first-order chi connectivity index (χ1) is 8.31. The normalized spacial score (nSPS) is 22.9. The smallest absolute Gasteiger partial charge is 0.0509 e. The fraction of sp³-hybridized carbons (Fsp3) is 1.00. The first kappa shape index (κ1) is 14.9. The van der Waals surface area contributed by atoms with Gasteiger partial charge in [-0.15, -0.1) is 0 Å². The van der Waals surface area contributed by atoms with E-state index < -0.39 is 0 Å². The Balaban J connectivity index is 2.35. The summed E-state index contributed by atoms with van der Waals surface area (Å²) in [6, 6.07) is 0.640. The molecule has 17 heavy (non-hydrogen) atoms. The highest BCUT2D eigenvalue weighted by atomic mass is 16.5. The Morgan fingerprint density at radius 2 is 2.06 bits per heavy atom. The van der Waals surface area contributed by atoms with Crippen LogP contribution in [0.2, 0.25) is 0 Å². The molecule has 0 aromatic rings. The molecule has 2 atom stereocenters. The Kier molecular flexibility index (Phi) is 7.82. The average molecular weight is 242 g/mol. The van der Waals surface area contributed by atoms with Crippen LogP contribution < -0.4 is 5.32 Å². The average Bonchev–Trinajstić information content (AvgIpc) is 2.39. The third kappa shape index (κ3) is 5.36. The van der Waals surface area contributed by atoms with Crippen molar-refractivity contribution in [3.8, 4) is 0 Å². The van der Waals surface area contributed by atoms with E-state index in [1.165, 1.54) is 25.8 Å². The highest BCUT2D eigenvalue weighted by Gasteiger charge is 2.23. The van der Waals surface area contributed by atoms with E-state index in [-0.39, 0.29) is 0 Å². The molecule has 3 heteroatoms.